The van der Waals surface area contributed by atoms with E-state index in [2.05, 4.69) is 23.6 Å². The fourth-order valence-corrected chi connectivity index (χ4v) is 2.64. The zero-order valence-electron chi connectivity index (χ0n) is 11.2. The molecule has 1 fully saturated rings. The minimum Gasteiger partial charge on any atom is -0.382 e. The standard InChI is InChI=1S/C15H22N2O/c1-11-6-5-9-13(11)17-14-8-4-3-7-12(14)10-15(18)16-2/h3-4,7-8,11,13,17H,5-6,9-10H2,1-2H3,(H,16,18). The quantitative estimate of drug-likeness (QED) is 0.857. The molecule has 0 radical (unpaired) electrons. The highest BCUT2D eigenvalue weighted by Gasteiger charge is 2.23. The lowest BCUT2D eigenvalue weighted by atomic mass is 10.0. The monoisotopic (exact) mass is 246 g/mol. The first-order valence-electron chi connectivity index (χ1n) is 6.75. The fourth-order valence-electron chi connectivity index (χ4n) is 2.64. The number of rotatable bonds is 4. The summed E-state index contributed by atoms with van der Waals surface area (Å²) < 4.78 is 0. The fraction of sp³-hybridized carbons (Fsp3) is 0.533. The second-order valence-electron chi connectivity index (χ2n) is 5.17. The highest BCUT2D eigenvalue weighted by Crippen LogP contribution is 2.29. The molecule has 18 heavy (non-hydrogen) atoms. The maximum atomic E-state index is 11.5. The average molecular weight is 246 g/mol. The highest BCUT2D eigenvalue weighted by atomic mass is 16.1. The van der Waals surface area contributed by atoms with Gasteiger partial charge in [-0.05, 0) is 30.4 Å². The maximum Gasteiger partial charge on any atom is 0.224 e. The molecule has 1 aliphatic rings. The lowest BCUT2D eigenvalue weighted by molar-refractivity contribution is -0.119. The number of amides is 1. The Morgan fingerprint density at radius 1 is 1.33 bits per heavy atom. The summed E-state index contributed by atoms with van der Waals surface area (Å²) in [7, 11) is 1.68. The minimum atomic E-state index is 0.0590. The second kappa shape index (κ2) is 5.89. The van der Waals surface area contributed by atoms with E-state index in [1.807, 2.05) is 18.2 Å². The van der Waals surface area contributed by atoms with E-state index >= 15 is 0 Å². The maximum absolute atomic E-state index is 11.5. The molecule has 0 bridgehead atoms. The van der Waals surface area contributed by atoms with Crippen molar-refractivity contribution >= 4 is 11.6 Å². The van der Waals surface area contributed by atoms with Crippen molar-refractivity contribution in [1.29, 1.82) is 0 Å². The van der Waals surface area contributed by atoms with Gasteiger partial charge in [-0.25, -0.2) is 0 Å². The molecule has 1 amide bonds. The van der Waals surface area contributed by atoms with Gasteiger partial charge in [-0.1, -0.05) is 31.5 Å². The molecule has 2 atom stereocenters. The number of carbonyl (C=O) groups excluding carboxylic acids is 1. The van der Waals surface area contributed by atoms with Crippen molar-refractivity contribution in [2.45, 2.75) is 38.6 Å². The van der Waals surface area contributed by atoms with Crippen LogP contribution in [0.4, 0.5) is 5.69 Å². The number of benzene rings is 1. The van der Waals surface area contributed by atoms with E-state index in [9.17, 15) is 4.79 Å². The predicted molar refractivity (Wildman–Crippen MR) is 74.6 cm³/mol. The van der Waals surface area contributed by atoms with E-state index in [0.29, 0.717) is 12.5 Å². The van der Waals surface area contributed by atoms with Crippen molar-refractivity contribution in [2.75, 3.05) is 12.4 Å². The summed E-state index contributed by atoms with van der Waals surface area (Å²) in [6.45, 7) is 2.30. The van der Waals surface area contributed by atoms with Crippen molar-refractivity contribution < 1.29 is 4.79 Å². The van der Waals surface area contributed by atoms with Crippen LogP contribution in [-0.4, -0.2) is 19.0 Å². The molecule has 2 unspecified atom stereocenters. The molecule has 3 nitrogen and oxygen atoms in total. The van der Waals surface area contributed by atoms with Crippen molar-refractivity contribution in [1.82, 2.24) is 5.32 Å². The van der Waals surface area contributed by atoms with Gasteiger partial charge >= 0.3 is 0 Å². The first-order valence-corrected chi connectivity index (χ1v) is 6.75. The lowest BCUT2D eigenvalue weighted by Crippen LogP contribution is -2.24. The Bertz CT molecular complexity index is 417. The summed E-state index contributed by atoms with van der Waals surface area (Å²) in [5.74, 6) is 0.779. The minimum absolute atomic E-state index is 0.0590. The lowest BCUT2D eigenvalue weighted by Gasteiger charge is -2.20. The summed E-state index contributed by atoms with van der Waals surface area (Å²) in [6, 6.07) is 8.66. The SMILES string of the molecule is CNC(=O)Cc1ccccc1NC1CCCC1C. The van der Waals surface area contributed by atoms with E-state index in [4.69, 9.17) is 0 Å². The van der Waals surface area contributed by atoms with Crippen LogP contribution in [0.25, 0.3) is 0 Å². The first kappa shape index (κ1) is 12.9. The number of anilines is 1. The largest absolute Gasteiger partial charge is 0.382 e. The molecule has 0 spiro atoms. The molecule has 1 aromatic rings. The van der Waals surface area contributed by atoms with Crippen molar-refractivity contribution in [2.24, 2.45) is 5.92 Å². The van der Waals surface area contributed by atoms with Gasteiger partial charge in [0.1, 0.15) is 0 Å². The Balaban J connectivity index is 2.09. The van der Waals surface area contributed by atoms with Crippen LogP contribution in [0.5, 0.6) is 0 Å². The average Bonchev–Trinajstić information content (AvgIpc) is 2.77. The van der Waals surface area contributed by atoms with Crippen LogP contribution in [-0.2, 0) is 11.2 Å². The third-order valence-corrected chi connectivity index (χ3v) is 3.85. The molecule has 0 aromatic heterocycles. The van der Waals surface area contributed by atoms with Crippen LogP contribution < -0.4 is 10.6 Å². The summed E-state index contributed by atoms with van der Waals surface area (Å²) in [5, 5.41) is 6.29. The number of hydrogen-bond acceptors (Lipinski definition) is 2. The molecule has 1 aromatic carbocycles. The third-order valence-electron chi connectivity index (χ3n) is 3.85. The van der Waals surface area contributed by atoms with Crippen LogP contribution in [0.2, 0.25) is 0 Å². The van der Waals surface area contributed by atoms with Gasteiger partial charge in [-0.2, -0.15) is 0 Å². The van der Waals surface area contributed by atoms with Crippen LogP contribution >= 0.6 is 0 Å². The highest BCUT2D eigenvalue weighted by molar-refractivity contribution is 5.80. The molecule has 0 heterocycles. The molecule has 0 saturated heterocycles. The van der Waals surface area contributed by atoms with E-state index < -0.39 is 0 Å². The first-order chi connectivity index (χ1) is 8.70. The number of para-hydroxylation sites is 1. The normalized spacial score (nSPS) is 22.8. The Labute approximate surface area is 109 Å². The molecule has 2 N–H and O–H groups in total. The number of carbonyl (C=O) groups is 1. The van der Waals surface area contributed by atoms with E-state index in [1.165, 1.54) is 19.3 Å². The van der Waals surface area contributed by atoms with Gasteiger partial charge in [0.25, 0.3) is 0 Å². The molecule has 2 rings (SSSR count). The smallest absolute Gasteiger partial charge is 0.224 e. The van der Waals surface area contributed by atoms with Gasteiger partial charge in [-0.3, -0.25) is 4.79 Å². The summed E-state index contributed by atoms with van der Waals surface area (Å²) >= 11 is 0. The van der Waals surface area contributed by atoms with E-state index in [-0.39, 0.29) is 5.91 Å². The zero-order chi connectivity index (χ0) is 13.0. The molecular weight excluding hydrogens is 224 g/mol. The van der Waals surface area contributed by atoms with Crippen LogP contribution in [0.3, 0.4) is 0 Å². The van der Waals surface area contributed by atoms with Crippen LogP contribution in [0.1, 0.15) is 31.7 Å². The number of likely N-dealkylation sites (N-methyl/N-ethyl adjacent to an activating group) is 1. The molecule has 0 aliphatic heterocycles. The second-order valence-corrected chi connectivity index (χ2v) is 5.17. The van der Waals surface area contributed by atoms with E-state index in [0.717, 1.165) is 17.2 Å². The molecular formula is C15H22N2O. The van der Waals surface area contributed by atoms with Crippen LogP contribution in [0.15, 0.2) is 24.3 Å². The summed E-state index contributed by atoms with van der Waals surface area (Å²) in [5.41, 5.74) is 2.19. The van der Waals surface area contributed by atoms with Gasteiger partial charge in [0.2, 0.25) is 5.91 Å². The van der Waals surface area contributed by atoms with E-state index in [1.54, 1.807) is 7.05 Å². The zero-order valence-corrected chi connectivity index (χ0v) is 11.2. The topological polar surface area (TPSA) is 41.1 Å². The van der Waals surface area contributed by atoms with Crippen molar-refractivity contribution in [3.05, 3.63) is 29.8 Å². The Morgan fingerprint density at radius 2 is 2.11 bits per heavy atom. The third kappa shape index (κ3) is 3.03. The van der Waals surface area contributed by atoms with Crippen molar-refractivity contribution in [3.8, 4) is 0 Å². The van der Waals surface area contributed by atoms with Gasteiger partial charge in [0.15, 0.2) is 0 Å². The predicted octanol–water partition coefficient (Wildman–Crippen LogP) is 2.58. The number of hydrogen-bond donors (Lipinski definition) is 2. The summed E-state index contributed by atoms with van der Waals surface area (Å²) in [6.07, 6.45) is 4.28. The van der Waals surface area contributed by atoms with Crippen molar-refractivity contribution in [3.63, 3.8) is 0 Å². The molecule has 98 valence electrons. The Morgan fingerprint density at radius 3 is 2.78 bits per heavy atom. The molecule has 1 saturated carbocycles. The molecule has 3 heteroatoms. The summed E-state index contributed by atoms with van der Waals surface area (Å²) in [4.78, 5) is 11.5. The van der Waals surface area contributed by atoms with Gasteiger partial charge in [0.05, 0.1) is 6.42 Å². The van der Waals surface area contributed by atoms with Crippen LogP contribution in [0, 0.1) is 5.92 Å². The Kier molecular flexibility index (Phi) is 4.24. The van der Waals surface area contributed by atoms with Gasteiger partial charge < -0.3 is 10.6 Å². The number of nitrogens with one attached hydrogen (secondary N) is 2. The van der Waals surface area contributed by atoms with Gasteiger partial charge in [-0.15, -0.1) is 0 Å². The Hall–Kier alpha value is -1.51. The molecule has 1 aliphatic carbocycles. The van der Waals surface area contributed by atoms with Gasteiger partial charge in [0, 0.05) is 18.8 Å².